The number of aliphatic carboxylic acids is 2. The summed E-state index contributed by atoms with van der Waals surface area (Å²) in [5.41, 5.74) is 2.04. The molecular weight excluding hydrogens is 428 g/mol. The third-order valence-corrected chi connectivity index (χ3v) is 4.80. The van der Waals surface area contributed by atoms with E-state index in [1.54, 1.807) is 0 Å². The predicted octanol–water partition coefficient (Wildman–Crippen LogP) is 1.47. The first-order chi connectivity index (χ1) is 14.8. The van der Waals surface area contributed by atoms with Crippen LogP contribution in [0.1, 0.15) is 30.2 Å². The van der Waals surface area contributed by atoms with Gasteiger partial charge >= 0.3 is 11.9 Å². The van der Waals surface area contributed by atoms with Gasteiger partial charge in [0.15, 0.2) is 12.2 Å². The summed E-state index contributed by atoms with van der Waals surface area (Å²) in [6.07, 6.45) is -0.506. The largest absolute Gasteiger partial charge is 0.479 e. The Balaban J connectivity index is 0.000000291. The van der Waals surface area contributed by atoms with Crippen molar-refractivity contribution < 1.29 is 34.8 Å². The van der Waals surface area contributed by atoms with Gasteiger partial charge in [-0.2, -0.15) is 0 Å². The quantitative estimate of drug-likeness (QED) is 0.420. The summed E-state index contributed by atoms with van der Waals surface area (Å²) in [6, 6.07) is 13.8. The molecular formula is C21H25ClN2O7. The van der Waals surface area contributed by atoms with Gasteiger partial charge in [0.2, 0.25) is 0 Å². The van der Waals surface area contributed by atoms with E-state index in [2.05, 4.69) is 10.3 Å². The Morgan fingerprint density at radius 2 is 1.58 bits per heavy atom. The van der Waals surface area contributed by atoms with Crippen molar-refractivity contribution in [3.05, 3.63) is 64.9 Å². The fourth-order valence-electron chi connectivity index (χ4n) is 2.88. The van der Waals surface area contributed by atoms with Crippen LogP contribution in [0, 0.1) is 0 Å². The molecule has 2 heterocycles. The molecule has 0 bridgehead atoms. The van der Waals surface area contributed by atoms with Crippen molar-refractivity contribution in [2.75, 3.05) is 13.1 Å². The highest BCUT2D eigenvalue weighted by molar-refractivity contribution is 6.30. The normalized spacial score (nSPS) is 17.0. The molecule has 0 amide bonds. The zero-order valence-electron chi connectivity index (χ0n) is 16.6. The second kappa shape index (κ2) is 12.3. The molecule has 3 rings (SSSR count). The number of hydrogen-bond acceptors (Lipinski definition) is 7. The summed E-state index contributed by atoms with van der Waals surface area (Å²) in [7, 11) is 0. The second-order valence-corrected chi connectivity index (χ2v) is 7.27. The molecule has 2 aromatic rings. The highest BCUT2D eigenvalue weighted by atomic mass is 35.5. The van der Waals surface area contributed by atoms with Gasteiger partial charge in [-0.15, -0.1) is 0 Å². The second-order valence-electron chi connectivity index (χ2n) is 6.84. The Hall–Kier alpha value is -2.56. The lowest BCUT2D eigenvalue weighted by atomic mass is 10.0. The van der Waals surface area contributed by atoms with Crippen LogP contribution in [0.15, 0.2) is 48.7 Å². The van der Waals surface area contributed by atoms with E-state index in [-0.39, 0.29) is 12.2 Å². The van der Waals surface area contributed by atoms with Crippen LogP contribution in [0.2, 0.25) is 5.02 Å². The maximum absolute atomic E-state index is 9.77. The molecule has 1 saturated heterocycles. The summed E-state index contributed by atoms with van der Waals surface area (Å²) in [5.74, 6) is -3.54. The standard InChI is InChI=1S/C17H19ClN2O.C4H6O6/c18-14-6-4-13(5-7-14)17(16-3-1-2-10-20-16)21-15-8-11-19-12-9-15;5-1(3(7)8)2(6)4(9)10/h1-7,10,15,17,19H,8-9,11-12H2;1-2,5-6H,(H,7,8)(H,9,10). The predicted molar refractivity (Wildman–Crippen MR) is 112 cm³/mol. The van der Waals surface area contributed by atoms with Gasteiger partial charge < -0.3 is 30.5 Å². The number of halogens is 1. The van der Waals surface area contributed by atoms with E-state index < -0.39 is 24.1 Å². The average Bonchev–Trinajstić information content (AvgIpc) is 2.78. The van der Waals surface area contributed by atoms with Crippen molar-refractivity contribution in [2.24, 2.45) is 0 Å². The van der Waals surface area contributed by atoms with Gasteiger partial charge in [0, 0.05) is 11.2 Å². The molecule has 3 atom stereocenters. The number of carboxylic acid groups (broad SMARTS) is 2. The number of aliphatic hydroxyl groups is 2. The van der Waals surface area contributed by atoms with Crippen molar-refractivity contribution in [2.45, 2.75) is 37.3 Å². The first kappa shape index (κ1) is 24.7. The summed E-state index contributed by atoms with van der Waals surface area (Å²) in [4.78, 5) is 24.0. The average molecular weight is 453 g/mol. The third kappa shape index (κ3) is 7.89. The molecule has 168 valence electrons. The van der Waals surface area contributed by atoms with Crippen molar-refractivity contribution in [1.29, 1.82) is 0 Å². The number of piperidine rings is 1. The Labute approximate surface area is 184 Å². The number of nitrogens with zero attached hydrogens (tertiary/aromatic N) is 1. The summed E-state index contributed by atoms with van der Waals surface area (Å²) >= 11 is 5.99. The van der Waals surface area contributed by atoms with Gasteiger partial charge in [-0.3, -0.25) is 4.98 Å². The molecule has 1 aliphatic rings. The topological polar surface area (TPSA) is 149 Å². The first-order valence-electron chi connectivity index (χ1n) is 9.64. The molecule has 0 saturated carbocycles. The van der Waals surface area contributed by atoms with Crippen LogP contribution in [-0.2, 0) is 14.3 Å². The monoisotopic (exact) mass is 452 g/mol. The van der Waals surface area contributed by atoms with Crippen LogP contribution < -0.4 is 5.32 Å². The fourth-order valence-corrected chi connectivity index (χ4v) is 3.01. The van der Waals surface area contributed by atoms with Crippen molar-refractivity contribution in [3.8, 4) is 0 Å². The number of ether oxygens (including phenoxy) is 1. The number of hydrogen-bond donors (Lipinski definition) is 5. The molecule has 1 fully saturated rings. The minimum absolute atomic E-state index is 0.133. The van der Waals surface area contributed by atoms with E-state index >= 15 is 0 Å². The Kier molecular flexibility index (Phi) is 9.83. The van der Waals surface area contributed by atoms with Crippen LogP contribution in [0.4, 0.5) is 0 Å². The van der Waals surface area contributed by atoms with E-state index in [0.717, 1.165) is 42.2 Å². The highest BCUT2D eigenvalue weighted by Gasteiger charge is 2.29. The molecule has 1 aromatic heterocycles. The van der Waals surface area contributed by atoms with Gasteiger partial charge in [0.05, 0.1) is 11.8 Å². The number of rotatable bonds is 7. The molecule has 3 unspecified atom stereocenters. The van der Waals surface area contributed by atoms with E-state index in [1.807, 2.05) is 48.7 Å². The van der Waals surface area contributed by atoms with Gasteiger partial charge in [0.1, 0.15) is 6.10 Å². The van der Waals surface area contributed by atoms with Gasteiger partial charge in [0.25, 0.3) is 0 Å². The molecule has 0 radical (unpaired) electrons. The summed E-state index contributed by atoms with van der Waals surface area (Å²) < 4.78 is 6.36. The van der Waals surface area contributed by atoms with Crippen LogP contribution in [0.5, 0.6) is 0 Å². The molecule has 9 nitrogen and oxygen atoms in total. The molecule has 10 heteroatoms. The lowest BCUT2D eigenvalue weighted by molar-refractivity contribution is -0.165. The van der Waals surface area contributed by atoms with Gasteiger partial charge in [-0.05, 0) is 55.8 Å². The van der Waals surface area contributed by atoms with Crippen LogP contribution >= 0.6 is 11.6 Å². The smallest absolute Gasteiger partial charge is 0.335 e. The van der Waals surface area contributed by atoms with Crippen LogP contribution in [0.3, 0.4) is 0 Å². The van der Waals surface area contributed by atoms with E-state index in [0.29, 0.717) is 0 Å². The van der Waals surface area contributed by atoms with Crippen molar-refractivity contribution in [1.82, 2.24) is 10.3 Å². The third-order valence-electron chi connectivity index (χ3n) is 4.55. The van der Waals surface area contributed by atoms with E-state index in [1.165, 1.54) is 0 Å². The Morgan fingerprint density at radius 1 is 1.00 bits per heavy atom. The maximum Gasteiger partial charge on any atom is 0.335 e. The molecule has 0 aliphatic carbocycles. The summed E-state index contributed by atoms with van der Waals surface area (Å²) in [6.45, 7) is 2.03. The molecule has 1 aliphatic heterocycles. The number of pyridine rings is 1. The van der Waals surface area contributed by atoms with Gasteiger partial charge in [-0.1, -0.05) is 29.8 Å². The number of carbonyl (C=O) groups is 2. The first-order valence-corrected chi connectivity index (χ1v) is 10.0. The highest BCUT2D eigenvalue weighted by Crippen LogP contribution is 2.28. The molecule has 31 heavy (non-hydrogen) atoms. The lowest BCUT2D eigenvalue weighted by Gasteiger charge is -2.28. The minimum Gasteiger partial charge on any atom is -0.479 e. The molecule has 0 spiro atoms. The number of carboxylic acids is 2. The molecule has 1 aromatic carbocycles. The number of aromatic nitrogens is 1. The SMILES string of the molecule is Clc1ccc(C(OC2CCNCC2)c2ccccn2)cc1.O=C(O)C(O)C(O)C(=O)O. The molecule has 5 N–H and O–H groups in total. The van der Waals surface area contributed by atoms with Crippen LogP contribution in [-0.4, -0.2) is 68.8 Å². The zero-order chi connectivity index (χ0) is 22.8. The Bertz CT molecular complexity index is 811. The lowest BCUT2D eigenvalue weighted by Crippen LogP contribution is -2.39. The van der Waals surface area contributed by atoms with Crippen molar-refractivity contribution in [3.63, 3.8) is 0 Å². The number of benzene rings is 1. The summed E-state index contributed by atoms with van der Waals surface area (Å²) in [5, 5.41) is 36.6. The Morgan fingerprint density at radius 3 is 2.06 bits per heavy atom. The van der Waals surface area contributed by atoms with Crippen molar-refractivity contribution >= 4 is 23.5 Å². The van der Waals surface area contributed by atoms with Crippen LogP contribution in [0.25, 0.3) is 0 Å². The fraction of sp³-hybridized carbons (Fsp3) is 0.381. The van der Waals surface area contributed by atoms with Gasteiger partial charge in [-0.25, -0.2) is 9.59 Å². The maximum atomic E-state index is 9.77. The van der Waals surface area contributed by atoms with E-state index in [4.69, 9.17) is 36.8 Å². The zero-order valence-corrected chi connectivity index (χ0v) is 17.4. The van der Waals surface area contributed by atoms with E-state index in [9.17, 15) is 9.59 Å². The number of nitrogens with one attached hydrogen (secondary N) is 1. The minimum atomic E-state index is -2.27. The number of aliphatic hydroxyl groups excluding tert-OH is 2.